The highest BCUT2D eigenvalue weighted by atomic mass is 32.2. The largest absolute Gasteiger partial charge is 0.478 e. The van der Waals surface area contributed by atoms with Crippen molar-refractivity contribution in [3.8, 4) is 0 Å². The number of amidine groups is 1. The molecule has 0 aromatic heterocycles. The van der Waals surface area contributed by atoms with Crippen molar-refractivity contribution < 1.29 is 14.7 Å². The van der Waals surface area contributed by atoms with Crippen molar-refractivity contribution in [3.05, 3.63) is 70.6 Å². The summed E-state index contributed by atoms with van der Waals surface area (Å²) in [5, 5.41) is 9.53. The van der Waals surface area contributed by atoms with Crippen molar-refractivity contribution in [1.82, 2.24) is 4.90 Å². The van der Waals surface area contributed by atoms with Crippen LogP contribution < -0.4 is 0 Å². The van der Waals surface area contributed by atoms with Crippen molar-refractivity contribution >= 4 is 40.6 Å². The van der Waals surface area contributed by atoms with Gasteiger partial charge in [0, 0.05) is 7.05 Å². The van der Waals surface area contributed by atoms with Gasteiger partial charge < -0.3 is 5.11 Å². The monoisotopic (exact) mass is 338 g/mol. The molecule has 0 saturated carbocycles. The fourth-order valence-electron chi connectivity index (χ4n) is 2.14. The molecule has 1 saturated heterocycles. The summed E-state index contributed by atoms with van der Waals surface area (Å²) < 4.78 is 0. The number of nitrogens with zero attached hydrogens (tertiary/aromatic N) is 2. The number of aliphatic imine (C=N–C) groups is 1. The van der Waals surface area contributed by atoms with Crippen molar-refractivity contribution in [2.45, 2.75) is 0 Å². The van der Waals surface area contributed by atoms with Crippen molar-refractivity contribution in [1.29, 1.82) is 0 Å². The standard InChI is InChI=1S/C18H14N2O3S/c1-20-16(21)15(11-12-7-9-13(10-8-12)17(22)23)24-18(20)19-14-5-3-2-4-6-14/h2-11H,1H3,(H,22,23)/b15-11+,19-18?. The van der Waals surface area contributed by atoms with Gasteiger partial charge in [-0.2, -0.15) is 0 Å². The molecule has 1 aliphatic rings. The zero-order valence-corrected chi connectivity index (χ0v) is 13.7. The highest BCUT2D eigenvalue weighted by Crippen LogP contribution is 2.33. The third-order valence-corrected chi connectivity index (χ3v) is 4.50. The normalized spacial score (nSPS) is 17.7. The third-order valence-electron chi connectivity index (χ3n) is 3.44. The Morgan fingerprint density at radius 2 is 1.79 bits per heavy atom. The molecule has 0 aliphatic carbocycles. The van der Waals surface area contributed by atoms with Crippen LogP contribution in [0.15, 0.2) is 64.5 Å². The topological polar surface area (TPSA) is 70.0 Å². The molecule has 1 N–H and O–H groups in total. The number of hydrogen-bond acceptors (Lipinski definition) is 4. The Hall–Kier alpha value is -2.86. The Labute approximate surface area is 143 Å². The van der Waals surface area contributed by atoms with Crippen LogP contribution in [0, 0.1) is 0 Å². The number of rotatable bonds is 3. The Balaban J connectivity index is 1.86. The SMILES string of the molecule is CN1C(=O)/C(=C\c2ccc(C(=O)O)cc2)SC1=Nc1ccccc1. The van der Waals surface area contributed by atoms with Gasteiger partial charge in [-0.1, -0.05) is 30.3 Å². The Morgan fingerprint density at radius 3 is 2.42 bits per heavy atom. The lowest BCUT2D eigenvalue weighted by Gasteiger charge is -2.06. The van der Waals surface area contributed by atoms with Gasteiger partial charge in [0.15, 0.2) is 5.17 Å². The summed E-state index contributed by atoms with van der Waals surface area (Å²) in [5.41, 5.74) is 1.77. The van der Waals surface area contributed by atoms with Gasteiger partial charge in [0.2, 0.25) is 0 Å². The fraction of sp³-hybridized carbons (Fsp3) is 0.0556. The van der Waals surface area contributed by atoms with Crippen LogP contribution in [0.2, 0.25) is 0 Å². The predicted octanol–water partition coefficient (Wildman–Crippen LogP) is 3.62. The van der Waals surface area contributed by atoms with Crippen molar-refractivity contribution in [2.24, 2.45) is 4.99 Å². The lowest BCUT2D eigenvalue weighted by molar-refractivity contribution is -0.121. The first-order chi connectivity index (χ1) is 11.5. The summed E-state index contributed by atoms with van der Waals surface area (Å²) in [6.07, 6.45) is 1.74. The van der Waals surface area contributed by atoms with Crippen LogP contribution in [0.1, 0.15) is 15.9 Å². The number of carbonyl (C=O) groups excluding carboxylic acids is 1. The van der Waals surface area contributed by atoms with E-state index in [1.165, 1.54) is 28.8 Å². The Morgan fingerprint density at radius 1 is 1.12 bits per heavy atom. The summed E-state index contributed by atoms with van der Waals surface area (Å²) in [5.74, 6) is -1.10. The molecular weight excluding hydrogens is 324 g/mol. The van der Waals surface area contributed by atoms with E-state index in [-0.39, 0.29) is 11.5 Å². The van der Waals surface area contributed by atoms with Gasteiger partial charge in [0.1, 0.15) is 0 Å². The smallest absolute Gasteiger partial charge is 0.335 e. The zero-order chi connectivity index (χ0) is 17.1. The van der Waals surface area contributed by atoms with Crippen LogP contribution in [0.3, 0.4) is 0 Å². The maximum Gasteiger partial charge on any atom is 0.335 e. The first kappa shape index (κ1) is 16.0. The molecule has 6 heteroatoms. The second-order valence-corrected chi connectivity index (χ2v) is 6.14. The average Bonchev–Trinajstić information content (AvgIpc) is 2.84. The van der Waals surface area contributed by atoms with E-state index in [0.717, 1.165) is 11.3 Å². The second kappa shape index (κ2) is 6.72. The number of carbonyl (C=O) groups is 2. The van der Waals surface area contributed by atoms with E-state index >= 15 is 0 Å². The molecule has 0 atom stereocenters. The molecule has 1 fully saturated rings. The molecule has 0 bridgehead atoms. The van der Waals surface area contributed by atoms with Crippen LogP contribution >= 0.6 is 11.8 Å². The third kappa shape index (κ3) is 3.38. The van der Waals surface area contributed by atoms with Crippen molar-refractivity contribution in [3.63, 3.8) is 0 Å². The predicted molar refractivity (Wildman–Crippen MR) is 95.3 cm³/mol. The van der Waals surface area contributed by atoms with E-state index in [1.54, 1.807) is 25.3 Å². The van der Waals surface area contributed by atoms with Gasteiger partial charge in [0.25, 0.3) is 5.91 Å². The van der Waals surface area contributed by atoms with Gasteiger partial charge in [-0.15, -0.1) is 0 Å². The lowest BCUT2D eigenvalue weighted by atomic mass is 10.1. The molecule has 24 heavy (non-hydrogen) atoms. The van der Waals surface area contributed by atoms with Crippen LogP contribution in [0.5, 0.6) is 0 Å². The number of amides is 1. The molecule has 1 aliphatic heterocycles. The number of likely N-dealkylation sites (N-methyl/N-ethyl adjacent to an activating group) is 1. The lowest BCUT2D eigenvalue weighted by Crippen LogP contribution is -2.23. The molecule has 1 amide bonds. The number of benzene rings is 2. The number of hydrogen-bond donors (Lipinski definition) is 1. The molecule has 1 heterocycles. The van der Waals surface area contributed by atoms with Crippen molar-refractivity contribution in [2.75, 3.05) is 7.05 Å². The average molecular weight is 338 g/mol. The summed E-state index contributed by atoms with van der Waals surface area (Å²) in [7, 11) is 1.69. The minimum absolute atomic E-state index is 0.128. The molecule has 2 aromatic rings. The van der Waals surface area contributed by atoms with Gasteiger partial charge in [-0.05, 0) is 47.7 Å². The van der Waals surface area contributed by atoms with Gasteiger partial charge in [-0.25, -0.2) is 9.79 Å². The Kier molecular flexibility index (Phi) is 4.48. The Bertz CT molecular complexity index is 842. The molecule has 0 spiro atoms. The van der Waals surface area contributed by atoms with E-state index in [2.05, 4.69) is 4.99 Å². The molecule has 0 unspecified atom stereocenters. The van der Waals surface area contributed by atoms with E-state index < -0.39 is 5.97 Å². The van der Waals surface area contributed by atoms with Gasteiger partial charge >= 0.3 is 5.97 Å². The van der Waals surface area contributed by atoms with Crippen LogP contribution in [0.4, 0.5) is 5.69 Å². The minimum Gasteiger partial charge on any atom is -0.478 e. The maximum absolute atomic E-state index is 12.3. The zero-order valence-electron chi connectivity index (χ0n) is 12.8. The summed E-state index contributed by atoms with van der Waals surface area (Å²) in [4.78, 5) is 29.8. The summed E-state index contributed by atoms with van der Waals surface area (Å²) >= 11 is 1.30. The highest BCUT2D eigenvalue weighted by Gasteiger charge is 2.30. The highest BCUT2D eigenvalue weighted by molar-refractivity contribution is 8.18. The maximum atomic E-state index is 12.3. The second-order valence-electron chi connectivity index (χ2n) is 5.13. The number of aromatic carboxylic acids is 1. The summed E-state index contributed by atoms with van der Waals surface area (Å²) in [6, 6.07) is 15.8. The molecule has 3 rings (SSSR count). The number of para-hydroxylation sites is 1. The molecule has 120 valence electrons. The van der Waals surface area contributed by atoms with Crippen LogP contribution in [-0.2, 0) is 4.79 Å². The first-order valence-corrected chi connectivity index (χ1v) is 8.01. The van der Waals surface area contributed by atoms with Crippen LogP contribution in [-0.4, -0.2) is 34.1 Å². The summed E-state index contributed by atoms with van der Waals surface area (Å²) in [6.45, 7) is 0. The first-order valence-electron chi connectivity index (χ1n) is 7.19. The fourth-order valence-corrected chi connectivity index (χ4v) is 3.12. The van der Waals surface area contributed by atoms with E-state index in [4.69, 9.17) is 5.11 Å². The van der Waals surface area contributed by atoms with Crippen LogP contribution in [0.25, 0.3) is 6.08 Å². The van der Waals surface area contributed by atoms with E-state index in [0.29, 0.717) is 10.1 Å². The molecule has 5 nitrogen and oxygen atoms in total. The quantitative estimate of drug-likeness (QED) is 0.868. The molecule has 2 aromatic carbocycles. The van der Waals surface area contributed by atoms with Gasteiger partial charge in [0.05, 0.1) is 16.2 Å². The number of carboxylic acid groups (broad SMARTS) is 1. The minimum atomic E-state index is -0.975. The number of thioether (sulfide) groups is 1. The molecular formula is C18H14N2O3S. The number of carboxylic acids is 1. The van der Waals surface area contributed by atoms with E-state index in [9.17, 15) is 9.59 Å². The van der Waals surface area contributed by atoms with E-state index in [1.807, 2.05) is 30.3 Å². The van der Waals surface area contributed by atoms with Gasteiger partial charge in [-0.3, -0.25) is 9.69 Å². The molecule has 0 radical (unpaired) electrons.